The Morgan fingerprint density at radius 2 is 2.14 bits per heavy atom. The number of benzene rings is 1. The van der Waals surface area contributed by atoms with Crippen LogP contribution < -0.4 is 15.4 Å². The first-order valence-electron chi connectivity index (χ1n) is 7.90. The first-order chi connectivity index (χ1) is 10.7. The molecule has 0 unspecified atom stereocenters. The molecule has 0 aliphatic carbocycles. The van der Waals surface area contributed by atoms with Crippen molar-refractivity contribution in [2.75, 3.05) is 33.4 Å². The number of nitrogens with one attached hydrogen (secondary N) is 2. The Kier molecular flexibility index (Phi) is 6.21. The molecule has 0 atom stereocenters. The lowest BCUT2D eigenvalue weighted by Crippen LogP contribution is -2.49. The molecule has 1 aromatic carbocycles. The summed E-state index contributed by atoms with van der Waals surface area (Å²) in [6.45, 7) is 5.30. The fraction of sp³-hybridized carbons (Fsp3) is 0.588. The fourth-order valence-electron chi connectivity index (χ4n) is 2.90. The zero-order valence-corrected chi connectivity index (χ0v) is 13.5. The fourth-order valence-corrected chi connectivity index (χ4v) is 2.90. The van der Waals surface area contributed by atoms with Crippen molar-refractivity contribution in [2.24, 2.45) is 5.41 Å². The normalized spacial score (nSPS) is 17.0. The van der Waals surface area contributed by atoms with E-state index in [4.69, 9.17) is 9.47 Å². The smallest absolute Gasteiger partial charge is 0.228 e. The van der Waals surface area contributed by atoms with Gasteiger partial charge < -0.3 is 20.1 Å². The number of methoxy groups -OCH3 is 1. The van der Waals surface area contributed by atoms with Crippen molar-refractivity contribution in [2.45, 2.75) is 26.3 Å². The molecule has 1 saturated heterocycles. The highest BCUT2D eigenvalue weighted by Gasteiger charge is 2.39. The number of piperidine rings is 1. The third kappa shape index (κ3) is 4.21. The van der Waals surface area contributed by atoms with E-state index in [1.807, 2.05) is 31.2 Å². The van der Waals surface area contributed by atoms with Crippen LogP contribution in [0.4, 0.5) is 0 Å². The van der Waals surface area contributed by atoms with E-state index in [9.17, 15) is 4.79 Å². The minimum atomic E-state index is -0.405. The van der Waals surface area contributed by atoms with Gasteiger partial charge in [-0.2, -0.15) is 0 Å². The largest absolute Gasteiger partial charge is 0.494 e. The standard InChI is InChI=1S/C17H26N2O3/c1-3-22-15-6-4-5-14(11-15)12-19-16(20)17(13-21-2)7-9-18-10-8-17/h4-6,11,18H,3,7-10,12-13H2,1-2H3,(H,19,20). The Labute approximate surface area is 132 Å². The molecule has 0 aromatic heterocycles. The molecule has 22 heavy (non-hydrogen) atoms. The van der Waals surface area contributed by atoms with E-state index in [1.165, 1.54) is 0 Å². The van der Waals surface area contributed by atoms with Crippen LogP contribution in [0.15, 0.2) is 24.3 Å². The molecule has 1 aromatic rings. The highest BCUT2D eigenvalue weighted by atomic mass is 16.5. The van der Waals surface area contributed by atoms with E-state index >= 15 is 0 Å². The molecule has 0 radical (unpaired) electrons. The summed E-state index contributed by atoms with van der Waals surface area (Å²) in [6, 6.07) is 7.83. The Morgan fingerprint density at radius 3 is 2.82 bits per heavy atom. The molecule has 0 spiro atoms. The summed E-state index contributed by atoms with van der Waals surface area (Å²) >= 11 is 0. The van der Waals surface area contributed by atoms with E-state index in [0.29, 0.717) is 19.8 Å². The van der Waals surface area contributed by atoms with E-state index in [1.54, 1.807) is 7.11 Å². The number of carbonyl (C=O) groups is 1. The average molecular weight is 306 g/mol. The van der Waals surface area contributed by atoms with Gasteiger partial charge in [-0.3, -0.25) is 4.79 Å². The number of hydrogen-bond donors (Lipinski definition) is 2. The van der Waals surface area contributed by atoms with Crippen molar-refractivity contribution in [3.8, 4) is 5.75 Å². The van der Waals surface area contributed by atoms with Gasteiger partial charge in [-0.05, 0) is 50.6 Å². The molecule has 1 aliphatic heterocycles. The molecular formula is C17H26N2O3. The molecule has 2 rings (SSSR count). The maximum absolute atomic E-state index is 12.6. The summed E-state index contributed by atoms with van der Waals surface area (Å²) in [5, 5.41) is 6.36. The summed E-state index contributed by atoms with van der Waals surface area (Å²) in [5.41, 5.74) is 0.637. The second kappa shape index (κ2) is 8.15. The van der Waals surface area contributed by atoms with Crippen molar-refractivity contribution in [3.05, 3.63) is 29.8 Å². The lowest BCUT2D eigenvalue weighted by atomic mass is 9.78. The van der Waals surface area contributed by atoms with E-state index < -0.39 is 5.41 Å². The SMILES string of the molecule is CCOc1cccc(CNC(=O)C2(COC)CCNCC2)c1. The molecule has 5 heteroatoms. The molecule has 0 saturated carbocycles. The number of amides is 1. The monoisotopic (exact) mass is 306 g/mol. The quantitative estimate of drug-likeness (QED) is 0.805. The van der Waals surface area contributed by atoms with Gasteiger partial charge in [-0.1, -0.05) is 12.1 Å². The van der Waals surface area contributed by atoms with Gasteiger partial charge in [0.25, 0.3) is 0 Å². The molecule has 5 nitrogen and oxygen atoms in total. The van der Waals surface area contributed by atoms with Crippen LogP contribution in [0, 0.1) is 5.41 Å². The van der Waals surface area contributed by atoms with Crippen molar-refractivity contribution >= 4 is 5.91 Å². The van der Waals surface area contributed by atoms with Gasteiger partial charge in [-0.15, -0.1) is 0 Å². The van der Waals surface area contributed by atoms with Crippen LogP contribution in [-0.2, 0) is 16.1 Å². The van der Waals surface area contributed by atoms with Gasteiger partial charge in [0.1, 0.15) is 5.75 Å². The molecule has 1 heterocycles. The van der Waals surface area contributed by atoms with Crippen molar-refractivity contribution in [1.82, 2.24) is 10.6 Å². The maximum atomic E-state index is 12.6. The van der Waals surface area contributed by atoms with Crippen molar-refractivity contribution in [1.29, 1.82) is 0 Å². The Hall–Kier alpha value is -1.59. The Bertz CT molecular complexity index is 479. The number of rotatable bonds is 7. The zero-order valence-electron chi connectivity index (χ0n) is 13.5. The summed E-state index contributed by atoms with van der Waals surface area (Å²) in [7, 11) is 1.66. The van der Waals surface area contributed by atoms with Crippen LogP contribution in [0.25, 0.3) is 0 Å². The maximum Gasteiger partial charge on any atom is 0.228 e. The van der Waals surface area contributed by atoms with Crippen LogP contribution in [-0.4, -0.2) is 39.3 Å². The van der Waals surface area contributed by atoms with Gasteiger partial charge in [-0.25, -0.2) is 0 Å². The molecule has 1 amide bonds. The molecule has 122 valence electrons. The minimum absolute atomic E-state index is 0.0812. The third-order valence-corrected chi connectivity index (χ3v) is 4.13. The number of carbonyl (C=O) groups excluding carboxylic acids is 1. The van der Waals surface area contributed by atoms with Crippen LogP contribution in [0.1, 0.15) is 25.3 Å². The summed E-state index contributed by atoms with van der Waals surface area (Å²) in [6.07, 6.45) is 1.62. The van der Waals surface area contributed by atoms with Gasteiger partial charge in [0.05, 0.1) is 18.6 Å². The van der Waals surface area contributed by atoms with Crippen LogP contribution in [0.5, 0.6) is 5.75 Å². The number of ether oxygens (including phenoxy) is 2. The molecule has 1 fully saturated rings. The van der Waals surface area contributed by atoms with Gasteiger partial charge in [0, 0.05) is 13.7 Å². The van der Waals surface area contributed by atoms with Crippen molar-refractivity contribution in [3.63, 3.8) is 0 Å². The summed E-state index contributed by atoms with van der Waals surface area (Å²) in [4.78, 5) is 12.6. The first kappa shape index (κ1) is 16.8. The van der Waals surface area contributed by atoms with Gasteiger partial charge >= 0.3 is 0 Å². The summed E-state index contributed by atoms with van der Waals surface area (Å²) in [5.74, 6) is 0.917. The minimum Gasteiger partial charge on any atom is -0.494 e. The Balaban J connectivity index is 1.97. The van der Waals surface area contributed by atoms with Gasteiger partial charge in [0.15, 0.2) is 0 Å². The molecule has 2 N–H and O–H groups in total. The van der Waals surface area contributed by atoms with Gasteiger partial charge in [0.2, 0.25) is 5.91 Å². The van der Waals surface area contributed by atoms with Crippen LogP contribution >= 0.6 is 0 Å². The Morgan fingerprint density at radius 1 is 1.36 bits per heavy atom. The lowest BCUT2D eigenvalue weighted by molar-refractivity contribution is -0.136. The predicted molar refractivity (Wildman–Crippen MR) is 85.9 cm³/mol. The highest BCUT2D eigenvalue weighted by Crippen LogP contribution is 2.29. The lowest BCUT2D eigenvalue weighted by Gasteiger charge is -2.35. The van der Waals surface area contributed by atoms with Crippen molar-refractivity contribution < 1.29 is 14.3 Å². The van der Waals surface area contributed by atoms with E-state index in [2.05, 4.69) is 10.6 Å². The number of hydrogen-bond acceptors (Lipinski definition) is 4. The first-order valence-corrected chi connectivity index (χ1v) is 7.90. The second-order valence-electron chi connectivity index (χ2n) is 5.73. The second-order valence-corrected chi connectivity index (χ2v) is 5.73. The molecule has 1 aliphatic rings. The topological polar surface area (TPSA) is 59.6 Å². The van der Waals surface area contributed by atoms with Crippen LogP contribution in [0.3, 0.4) is 0 Å². The third-order valence-electron chi connectivity index (χ3n) is 4.13. The zero-order chi connectivity index (χ0) is 15.8. The van der Waals surface area contributed by atoms with E-state index in [0.717, 1.165) is 37.2 Å². The molecular weight excluding hydrogens is 280 g/mol. The summed E-state index contributed by atoms with van der Waals surface area (Å²) < 4.78 is 10.8. The molecule has 0 bridgehead atoms. The highest BCUT2D eigenvalue weighted by molar-refractivity contribution is 5.83. The average Bonchev–Trinajstić information content (AvgIpc) is 2.54. The van der Waals surface area contributed by atoms with E-state index in [-0.39, 0.29) is 5.91 Å². The predicted octanol–water partition coefficient (Wildman–Crippen LogP) is 1.72. The van der Waals surface area contributed by atoms with Crippen LogP contribution in [0.2, 0.25) is 0 Å².